The highest BCUT2D eigenvalue weighted by Gasteiger charge is 2.19. The predicted octanol–water partition coefficient (Wildman–Crippen LogP) is 1.69. The normalized spacial score (nSPS) is 17.6. The van der Waals surface area contributed by atoms with Gasteiger partial charge in [0.2, 0.25) is 0 Å². The first-order chi connectivity index (χ1) is 8.72. The Morgan fingerprint density at radius 3 is 2.78 bits per heavy atom. The van der Waals surface area contributed by atoms with Crippen LogP contribution in [0.1, 0.15) is 18.4 Å². The van der Waals surface area contributed by atoms with Crippen molar-refractivity contribution in [3.8, 4) is 5.75 Å². The van der Waals surface area contributed by atoms with E-state index >= 15 is 0 Å². The predicted molar refractivity (Wildman–Crippen MR) is 71.5 cm³/mol. The minimum absolute atomic E-state index is 0.240. The van der Waals surface area contributed by atoms with E-state index in [0.717, 1.165) is 55.8 Å². The second-order valence-electron chi connectivity index (χ2n) is 4.82. The van der Waals surface area contributed by atoms with Crippen molar-refractivity contribution in [2.24, 2.45) is 5.92 Å². The van der Waals surface area contributed by atoms with Crippen LogP contribution in [0, 0.1) is 5.92 Å². The van der Waals surface area contributed by atoms with Crippen LogP contribution in [0.3, 0.4) is 0 Å². The summed E-state index contributed by atoms with van der Waals surface area (Å²) in [7, 11) is 1.67. The van der Waals surface area contributed by atoms with Gasteiger partial charge in [-0.15, -0.1) is 0 Å². The van der Waals surface area contributed by atoms with E-state index in [4.69, 9.17) is 10.5 Å². The van der Waals surface area contributed by atoms with Gasteiger partial charge in [0.1, 0.15) is 12.0 Å². The molecule has 2 rings (SSSR count). The molecule has 0 bridgehead atoms. The largest absolute Gasteiger partial charge is 0.496 e. The number of benzene rings is 1. The van der Waals surface area contributed by atoms with Gasteiger partial charge in [-0.3, -0.25) is 4.90 Å². The third kappa shape index (κ3) is 3.01. The van der Waals surface area contributed by atoms with E-state index in [9.17, 15) is 4.79 Å². The Bertz CT molecular complexity index is 412. The summed E-state index contributed by atoms with van der Waals surface area (Å²) in [4.78, 5) is 13.1. The lowest BCUT2D eigenvalue weighted by Gasteiger charge is -2.30. The van der Waals surface area contributed by atoms with Gasteiger partial charge in [-0.2, -0.15) is 0 Å². The maximum Gasteiger partial charge on any atom is 0.123 e. The fourth-order valence-electron chi connectivity index (χ4n) is 2.41. The highest BCUT2D eigenvalue weighted by atomic mass is 16.5. The first-order valence-electron chi connectivity index (χ1n) is 6.33. The van der Waals surface area contributed by atoms with E-state index in [-0.39, 0.29) is 5.92 Å². The van der Waals surface area contributed by atoms with Crippen molar-refractivity contribution in [2.75, 3.05) is 25.9 Å². The molecule has 0 atom stereocenters. The van der Waals surface area contributed by atoms with E-state index in [0.29, 0.717) is 0 Å². The summed E-state index contributed by atoms with van der Waals surface area (Å²) in [5.74, 6) is 1.12. The Kier molecular flexibility index (Phi) is 4.20. The Hall–Kier alpha value is -1.55. The van der Waals surface area contributed by atoms with Crippen molar-refractivity contribution in [1.29, 1.82) is 0 Å². The van der Waals surface area contributed by atoms with Gasteiger partial charge in [-0.1, -0.05) is 0 Å². The number of methoxy groups -OCH3 is 1. The Morgan fingerprint density at radius 1 is 1.44 bits per heavy atom. The first-order valence-corrected chi connectivity index (χ1v) is 6.33. The van der Waals surface area contributed by atoms with Gasteiger partial charge in [-0.05, 0) is 44.1 Å². The number of ether oxygens (including phenoxy) is 1. The third-order valence-corrected chi connectivity index (χ3v) is 3.52. The maximum atomic E-state index is 10.7. The number of anilines is 1. The molecule has 1 aliphatic rings. The van der Waals surface area contributed by atoms with E-state index in [1.807, 2.05) is 18.2 Å². The van der Waals surface area contributed by atoms with Gasteiger partial charge in [0.05, 0.1) is 7.11 Å². The Morgan fingerprint density at radius 2 is 2.17 bits per heavy atom. The van der Waals surface area contributed by atoms with Gasteiger partial charge >= 0.3 is 0 Å². The number of hydrogen-bond donors (Lipinski definition) is 1. The van der Waals surface area contributed by atoms with Crippen LogP contribution in [-0.4, -0.2) is 31.4 Å². The second-order valence-corrected chi connectivity index (χ2v) is 4.82. The molecule has 1 aromatic carbocycles. The molecule has 1 aromatic rings. The summed E-state index contributed by atoms with van der Waals surface area (Å²) < 4.78 is 5.35. The molecule has 18 heavy (non-hydrogen) atoms. The summed E-state index contributed by atoms with van der Waals surface area (Å²) in [6.45, 7) is 2.75. The van der Waals surface area contributed by atoms with Crippen LogP contribution in [0.25, 0.3) is 0 Å². The van der Waals surface area contributed by atoms with Crippen molar-refractivity contribution in [1.82, 2.24) is 4.90 Å². The first kappa shape index (κ1) is 12.9. The monoisotopic (exact) mass is 248 g/mol. The van der Waals surface area contributed by atoms with E-state index in [1.54, 1.807) is 7.11 Å². The van der Waals surface area contributed by atoms with Crippen LogP contribution in [0.2, 0.25) is 0 Å². The average Bonchev–Trinajstić information content (AvgIpc) is 2.40. The van der Waals surface area contributed by atoms with E-state index < -0.39 is 0 Å². The van der Waals surface area contributed by atoms with Crippen molar-refractivity contribution >= 4 is 12.0 Å². The molecule has 1 saturated heterocycles. The SMILES string of the molecule is COc1ccc(N)cc1CN1CCC(C=O)CC1. The van der Waals surface area contributed by atoms with Crippen molar-refractivity contribution in [3.63, 3.8) is 0 Å². The molecule has 0 unspecified atom stereocenters. The number of rotatable bonds is 4. The summed E-state index contributed by atoms with van der Waals surface area (Å²) in [5.41, 5.74) is 7.68. The lowest BCUT2D eigenvalue weighted by atomic mass is 9.98. The molecule has 0 spiro atoms. The number of nitrogen functional groups attached to an aromatic ring is 1. The van der Waals surface area contributed by atoms with Crippen molar-refractivity contribution < 1.29 is 9.53 Å². The molecule has 2 N–H and O–H groups in total. The molecule has 0 radical (unpaired) electrons. The smallest absolute Gasteiger partial charge is 0.123 e. The number of carbonyl (C=O) groups excluding carboxylic acids is 1. The Balaban J connectivity index is 2.01. The molecule has 1 heterocycles. The van der Waals surface area contributed by atoms with Crippen LogP contribution < -0.4 is 10.5 Å². The van der Waals surface area contributed by atoms with Crippen molar-refractivity contribution in [3.05, 3.63) is 23.8 Å². The average molecular weight is 248 g/mol. The minimum atomic E-state index is 0.240. The number of likely N-dealkylation sites (tertiary alicyclic amines) is 1. The molecule has 0 aliphatic carbocycles. The molecular weight excluding hydrogens is 228 g/mol. The van der Waals surface area contributed by atoms with Crippen molar-refractivity contribution in [2.45, 2.75) is 19.4 Å². The second kappa shape index (κ2) is 5.87. The number of hydrogen-bond acceptors (Lipinski definition) is 4. The lowest BCUT2D eigenvalue weighted by Crippen LogP contribution is -2.33. The number of nitrogens with two attached hydrogens (primary N) is 1. The summed E-state index contributed by atoms with van der Waals surface area (Å²) >= 11 is 0. The van der Waals surface area contributed by atoms with Crippen LogP contribution in [0.15, 0.2) is 18.2 Å². The quantitative estimate of drug-likeness (QED) is 0.650. The molecule has 1 aliphatic heterocycles. The van der Waals surface area contributed by atoms with Gasteiger partial charge < -0.3 is 15.3 Å². The summed E-state index contributed by atoms with van der Waals surface area (Å²) in [6, 6.07) is 5.72. The third-order valence-electron chi connectivity index (χ3n) is 3.52. The fraction of sp³-hybridized carbons (Fsp3) is 0.500. The molecule has 1 fully saturated rings. The zero-order valence-electron chi connectivity index (χ0n) is 10.8. The number of piperidine rings is 1. The van der Waals surface area contributed by atoms with Gasteiger partial charge in [0, 0.05) is 23.7 Å². The molecule has 0 saturated carbocycles. The van der Waals surface area contributed by atoms with Crippen LogP contribution in [0.5, 0.6) is 5.75 Å². The zero-order chi connectivity index (χ0) is 13.0. The minimum Gasteiger partial charge on any atom is -0.496 e. The lowest BCUT2D eigenvalue weighted by molar-refractivity contribution is -0.112. The van der Waals surface area contributed by atoms with E-state index in [1.165, 1.54) is 0 Å². The molecule has 98 valence electrons. The standard InChI is InChI=1S/C14H20N2O2/c1-18-14-3-2-13(15)8-12(14)9-16-6-4-11(10-17)5-7-16/h2-3,8,10-11H,4-7,9,15H2,1H3. The van der Waals surface area contributed by atoms with Crippen LogP contribution in [-0.2, 0) is 11.3 Å². The molecule has 0 amide bonds. The number of aldehydes is 1. The summed E-state index contributed by atoms with van der Waals surface area (Å²) in [6.07, 6.45) is 2.99. The van der Waals surface area contributed by atoms with Gasteiger partial charge in [0.25, 0.3) is 0 Å². The van der Waals surface area contributed by atoms with Crippen LogP contribution >= 0.6 is 0 Å². The molecule has 4 nitrogen and oxygen atoms in total. The van der Waals surface area contributed by atoms with Crippen LogP contribution in [0.4, 0.5) is 5.69 Å². The topological polar surface area (TPSA) is 55.6 Å². The molecular formula is C14H20N2O2. The Labute approximate surface area is 108 Å². The van der Waals surface area contributed by atoms with E-state index in [2.05, 4.69) is 4.90 Å². The highest BCUT2D eigenvalue weighted by molar-refractivity contribution is 5.53. The van der Waals surface area contributed by atoms with Gasteiger partial charge in [0.15, 0.2) is 0 Å². The van der Waals surface area contributed by atoms with Gasteiger partial charge in [-0.25, -0.2) is 0 Å². The molecule has 4 heteroatoms. The summed E-state index contributed by atoms with van der Waals surface area (Å²) in [5, 5.41) is 0. The molecule has 0 aromatic heterocycles. The fourth-order valence-corrected chi connectivity index (χ4v) is 2.41. The number of carbonyl (C=O) groups is 1. The maximum absolute atomic E-state index is 10.7. The highest BCUT2D eigenvalue weighted by Crippen LogP contribution is 2.24. The number of nitrogens with zero attached hydrogens (tertiary/aromatic N) is 1. The zero-order valence-corrected chi connectivity index (χ0v) is 10.8.